The van der Waals surface area contributed by atoms with Crippen LogP contribution in [0.1, 0.15) is 12.8 Å². The first-order chi connectivity index (χ1) is 12.9. The van der Waals surface area contributed by atoms with Gasteiger partial charge in [-0.2, -0.15) is 0 Å². The maximum absolute atomic E-state index is 14.3. The molecule has 0 aliphatic carbocycles. The zero-order valence-electron chi connectivity index (χ0n) is 15.1. The number of rotatable bonds is 7. The van der Waals surface area contributed by atoms with Crippen LogP contribution in [0.15, 0.2) is 23.9 Å². The molecule has 1 N–H and O–H groups in total. The summed E-state index contributed by atoms with van der Waals surface area (Å²) in [7, 11) is 2.22. The molecular formula is C18H21F2NO6. The fraction of sp³-hybridized carbons (Fsp3) is 0.444. The summed E-state index contributed by atoms with van der Waals surface area (Å²) in [5.41, 5.74) is -0.428. The molecular weight excluding hydrogens is 364 g/mol. The minimum atomic E-state index is -0.938. The molecule has 9 heteroatoms. The summed E-state index contributed by atoms with van der Waals surface area (Å²) < 4.78 is 48.0. The predicted molar refractivity (Wildman–Crippen MR) is 91.1 cm³/mol. The summed E-state index contributed by atoms with van der Waals surface area (Å²) in [4.78, 5) is 23.0. The standard InChI is InChI=1S/C18H21F2NO6/c1-24-16(22)9-15(18(23)25-2)21-12-7-13(19)17(14(20)8-12)27-10-11-3-5-26-6-4-11/h7-9,11,21H,3-6,10H2,1-2H3/b15-9+. The molecule has 0 spiro atoms. The molecule has 1 saturated heterocycles. The molecule has 27 heavy (non-hydrogen) atoms. The van der Waals surface area contributed by atoms with Gasteiger partial charge in [0.2, 0.25) is 0 Å². The summed E-state index contributed by atoms with van der Waals surface area (Å²) in [6, 6.07) is 1.91. The molecule has 0 aromatic heterocycles. The van der Waals surface area contributed by atoms with Crippen LogP contribution in [0.5, 0.6) is 5.75 Å². The summed E-state index contributed by atoms with van der Waals surface area (Å²) in [5, 5.41) is 2.44. The molecule has 0 saturated carbocycles. The zero-order valence-corrected chi connectivity index (χ0v) is 15.1. The fourth-order valence-corrected chi connectivity index (χ4v) is 2.47. The second kappa shape index (κ2) is 9.86. The van der Waals surface area contributed by atoms with Gasteiger partial charge in [0, 0.05) is 31.0 Å². The molecule has 1 aliphatic rings. The number of halogens is 2. The molecule has 1 heterocycles. The molecule has 1 aliphatic heterocycles. The van der Waals surface area contributed by atoms with E-state index in [1.165, 1.54) is 0 Å². The molecule has 1 aromatic carbocycles. The number of benzene rings is 1. The van der Waals surface area contributed by atoms with Gasteiger partial charge in [0.25, 0.3) is 0 Å². The van der Waals surface area contributed by atoms with E-state index >= 15 is 0 Å². The average molecular weight is 385 g/mol. The fourth-order valence-electron chi connectivity index (χ4n) is 2.47. The molecule has 1 fully saturated rings. The number of carbonyl (C=O) groups is 2. The number of carbonyl (C=O) groups excluding carboxylic acids is 2. The molecule has 0 radical (unpaired) electrons. The Bertz CT molecular complexity index is 693. The molecule has 2 rings (SSSR count). The molecule has 148 valence electrons. The third-order valence-electron chi connectivity index (χ3n) is 3.95. The van der Waals surface area contributed by atoms with Crippen LogP contribution in [0, 0.1) is 17.6 Å². The van der Waals surface area contributed by atoms with E-state index in [0.717, 1.165) is 45.3 Å². The van der Waals surface area contributed by atoms with Gasteiger partial charge in [-0.1, -0.05) is 0 Å². The van der Waals surface area contributed by atoms with Crippen LogP contribution in [0.2, 0.25) is 0 Å². The minimum absolute atomic E-state index is 0.0935. The van der Waals surface area contributed by atoms with Crippen molar-refractivity contribution in [1.82, 2.24) is 0 Å². The summed E-state index contributed by atoms with van der Waals surface area (Å²) in [5.74, 6) is -3.94. The van der Waals surface area contributed by atoms with Crippen LogP contribution in [-0.2, 0) is 23.8 Å². The molecule has 0 bridgehead atoms. The molecule has 1 aromatic rings. The third-order valence-corrected chi connectivity index (χ3v) is 3.95. The van der Waals surface area contributed by atoms with E-state index in [0.29, 0.717) is 13.2 Å². The van der Waals surface area contributed by atoms with Crippen molar-refractivity contribution < 1.29 is 37.3 Å². The lowest BCUT2D eigenvalue weighted by atomic mass is 10.0. The highest BCUT2D eigenvalue weighted by molar-refractivity contribution is 5.98. The van der Waals surface area contributed by atoms with Crippen molar-refractivity contribution in [3.63, 3.8) is 0 Å². The number of anilines is 1. The maximum atomic E-state index is 14.3. The van der Waals surface area contributed by atoms with Crippen LogP contribution in [0.25, 0.3) is 0 Å². The van der Waals surface area contributed by atoms with Gasteiger partial charge in [0.05, 0.1) is 26.9 Å². The first-order valence-corrected chi connectivity index (χ1v) is 8.29. The Morgan fingerprint density at radius 2 is 1.81 bits per heavy atom. The van der Waals surface area contributed by atoms with Crippen molar-refractivity contribution in [2.45, 2.75) is 12.8 Å². The SMILES string of the molecule is COC(=O)/C=C(/Nc1cc(F)c(OCC2CCOCC2)c(F)c1)C(=O)OC. The van der Waals surface area contributed by atoms with Crippen LogP contribution in [-0.4, -0.2) is 46.0 Å². The maximum Gasteiger partial charge on any atom is 0.354 e. The summed E-state index contributed by atoms with van der Waals surface area (Å²) >= 11 is 0. The van der Waals surface area contributed by atoms with Gasteiger partial charge in [-0.15, -0.1) is 0 Å². The highest BCUT2D eigenvalue weighted by Crippen LogP contribution is 2.28. The molecule has 0 atom stereocenters. The number of ether oxygens (including phenoxy) is 4. The normalized spacial score (nSPS) is 15.2. The highest BCUT2D eigenvalue weighted by Gasteiger charge is 2.19. The van der Waals surface area contributed by atoms with Gasteiger partial charge in [-0.3, -0.25) is 0 Å². The Morgan fingerprint density at radius 3 is 2.37 bits per heavy atom. The lowest BCUT2D eigenvalue weighted by Gasteiger charge is -2.22. The lowest BCUT2D eigenvalue weighted by molar-refractivity contribution is -0.138. The molecule has 0 unspecified atom stereocenters. The number of hydrogen-bond donors (Lipinski definition) is 1. The Balaban J connectivity index is 2.12. The van der Waals surface area contributed by atoms with Crippen molar-refractivity contribution >= 4 is 17.6 Å². The second-order valence-corrected chi connectivity index (χ2v) is 5.83. The van der Waals surface area contributed by atoms with Gasteiger partial charge in [-0.25, -0.2) is 18.4 Å². The lowest BCUT2D eigenvalue weighted by Crippen LogP contribution is -2.22. The van der Waals surface area contributed by atoms with E-state index in [9.17, 15) is 18.4 Å². The first kappa shape index (κ1) is 20.6. The largest absolute Gasteiger partial charge is 0.487 e. The van der Waals surface area contributed by atoms with Crippen molar-refractivity contribution in [2.24, 2.45) is 5.92 Å². The van der Waals surface area contributed by atoms with E-state index in [-0.39, 0.29) is 23.9 Å². The smallest absolute Gasteiger partial charge is 0.354 e. The van der Waals surface area contributed by atoms with E-state index in [4.69, 9.17) is 9.47 Å². The Hall–Kier alpha value is -2.68. The summed E-state index contributed by atoms with van der Waals surface area (Å²) in [6.45, 7) is 1.38. The topological polar surface area (TPSA) is 83.1 Å². The highest BCUT2D eigenvalue weighted by atomic mass is 19.1. The van der Waals surface area contributed by atoms with Crippen molar-refractivity contribution in [3.8, 4) is 5.75 Å². The quantitative estimate of drug-likeness (QED) is 0.570. The van der Waals surface area contributed by atoms with Crippen LogP contribution in [0.4, 0.5) is 14.5 Å². The van der Waals surface area contributed by atoms with Crippen molar-refractivity contribution in [2.75, 3.05) is 39.4 Å². The summed E-state index contributed by atoms with van der Waals surface area (Å²) in [6.07, 6.45) is 2.35. The van der Waals surface area contributed by atoms with Gasteiger partial charge in [-0.05, 0) is 18.8 Å². The average Bonchev–Trinajstić information content (AvgIpc) is 2.66. The number of esters is 2. The Labute approximate surface area is 155 Å². The monoisotopic (exact) mass is 385 g/mol. The first-order valence-electron chi connectivity index (χ1n) is 8.29. The van der Waals surface area contributed by atoms with Crippen LogP contribution in [0.3, 0.4) is 0 Å². The molecule has 7 nitrogen and oxygen atoms in total. The number of hydrogen-bond acceptors (Lipinski definition) is 7. The van der Waals surface area contributed by atoms with Crippen molar-refractivity contribution in [3.05, 3.63) is 35.5 Å². The van der Waals surface area contributed by atoms with Gasteiger partial charge >= 0.3 is 11.9 Å². The Kier molecular flexibility index (Phi) is 7.54. The van der Waals surface area contributed by atoms with Gasteiger partial charge < -0.3 is 24.3 Å². The minimum Gasteiger partial charge on any atom is -0.487 e. The molecule has 0 amide bonds. The van der Waals surface area contributed by atoms with Crippen LogP contribution >= 0.6 is 0 Å². The zero-order chi connectivity index (χ0) is 19.8. The van der Waals surface area contributed by atoms with E-state index in [2.05, 4.69) is 14.8 Å². The van der Waals surface area contributed by atoms with Gasteiger partial charge in [0.15, 0.2) is 17.4 Å². The second-order valence-electron chi connectivity index (χ2n) is 5.83. The van der Waals surface area contributed by atoms with E-state index in [1.807, 2.05) is 0 Å². The van der Waals surface area contributed by atoms with Crippen LogP contribution < -0.4 is 10.1 Å². The van der Waals surface area contributed by atoms with E-state index in [1.54, 1.807) is 0 Å². The number of methoxy groups -OCH3 is 2. The predicted octanol–water partition coefficient (Wildman–Crippen LogP) is 2.41. The van der Waals surface area contributed by atoms with E-state index < -0.39 is 29.3 Å². The Morgan fingerprint density at radius 1 is 1.19 bits per heavy atom. The van der Waals surface area contributed by atoms with Gasteiger partial charge in [0.1, 0.15) is 5.70 Å². The third kappa shape index (κ3) is 5.92. The number of nitrogens with one attached hydrogen (secondary N) is 1. The van der Waals surface area contributed by atoms with Crippen molar-refractivity contribution in [1.29, 1.82) is 0 Å².